The van der Waals surface area contributed by atoms with Crippen molar-refractivity contribution in [3.8, 4) is 61.6 Å². The highest BCUT2D eigenvalue weighted by molar-refractivity contribution is 7.04. The number of aryl methyl sites for hydroxylation is 2. The Labute approximate surface area is 428 Å². The summed E-state index contributed by atoms with van der Waals surface area (Å²) in [5.41, 5.74) is 34.1. The van der Waals surface area contributed by atoms with Crippen LogP contribution in [-0.4, -0.2) is 27.1 Å². The van der Waals surface area contributed by atoms with Crippen molar-refractivity contribution < 1.29 is 0 Å². The van der Waals surface area contributed by atoms with E-state index in [9.17, 15) is 0 Å². The Morgan fingerprint density at radius 1 is 0.270 bits per heavy atom. The number of hydrogen-bond donors (Lipinski definition) is 0. The predicted octanol–water partition coefficient (Wildman–Crippen LogP) is 12.9. The molecule has 0 bridgehead atoms. The van der Waals surface area contributed by atoms with Gasteiger partial charge in [-0.3, -0.25) is 0 Å². The summed E-state index contributed by atoms with van der Waals surface area (Å²) in [6, 6.07) is 78.9. The summed E-state index contributed by atoms with van der Waals surface area (Å²) in [7, 11) is 0. The molecule has 0 unspecified atom stereocenters. The van der Waals surface area contributed by atoms with Crippen molar-refractivity contribution in [3.05, 3.63) is 223 Å². The van der Waals surface area contributed by atoms with Gasteiger partial charge in [-0.05, 0) is 152 Å². The van der Waals surface area contributed by atoms with Crippen molar-refractivity contribution in [2.45, 2.75) is 20.8 Å². The van der Waals surface area contributed by atoms with Gasteiger partial charge in [0.2, 0.25) is 0 Å². The van der Waals surface area contributed by atoms with Gasteiger partial charge in [-0.25, -0.2) is 0 Å². The third kappa shape index (κ3) is 4.77. The number of benzene rings is 11. The molecule has 3 aromatic heterocycles. The Bertz CT molecular complexity index is 4910. The van der Waals surface area contributed by atoms with E-state index in [1.165, 1.54) is 176 Å². The second kappa shape index (κ2) is 13.7. The molecule has 0 spiro atoms. The molecule has 0 saturated heterocycles. The van der Waals surface area contributed by atoms with Gasteiger partial charge in [0.05, 0.1) is 11.0 Å². The summed E-state index contributed by atoms with van der Waals surface area (Å²) in [5, 5.41) is 7.88. The van der Waals surface area contributed by atoms with Crippen molar-refractivity contribution >= 4 is 112 Å². The van der Waals surface area contributed by atoms with E-state index in [0.717, 1.165) is 0 Å². The maximum Gasteiger partial charge on any atom is 0.252 e. The number of rotatable bonds is 4. The minimum absolute atomic E-state index is 0.00465. The minimum Gasteiger partial charge on any atom is -0.311 e. The molecular weight excluding hydrogens is 892 g/mol. The quantitative estimate of drug-likeness (QED) is 0.156. The number of nitrogens with zero attached hydrogens (tertiary/aromatic N) is 3. The molecule has 340 valence electrons. The first-order chi connectivity index (χ1) is 36.5. The van der Waals surface area contributed by atoms with E-state index in [4.69, 9.17) is 0 Å². The van der Waals surface area contributed by atoms with Gasteiger partial charge in [0.25, 0.3) is 13.4 Å². The smallest absolute Gasteiger partial charge is 0.252 e. The lowest BCUT2D eigenvalue weighted by Crippen LogP contribution is -2.67. The van der Waals surface area contributed by atoms with Gasteiger partial charge in [-0.1, -0.05) is 169 Å². The molecule has 18 rings (SSSR count). The van der Waals surface area contributed by atoms with Crippen LogP contribution in [0.4, 0.5) is 0 Å². The fourth-order valence-corrected chi connectivity index (χ4v) is 14.9. The SMILES string of the molecule is Cc1ccc2c(c1)c1cc(C)cc3c1n2-c1c(C)c2c4c5c1B3c1cc(-c3ccccc3)cc3c6cc(-c7ccccc7)cc(c6n-5c13)B4c1cc(-c3ccccc3)cc3c4cc(-c5ccccc5)ccc4n-2c13. The van der Waals surface area contributed by atoms with Crippen LogP contribution in [0.25, 0.3) is 127 Å². The van der Waals surface area contributed by atoms with Gasteiger partial charge in [0.1, 0.15) is 0 Å². The summed E-state index contributed by atoms with van der Waals surface area (Å²) >= 11 is 0. The van der Waals surface area contributed by atoms with Gasteiger partial charge < -0.3 is 13.7 Å². The largest absolute Gasteiger partial charge is 0.311 e. The van der Waals surface area contributed by atoms with Crippen molar-refractivity contribution in [2.75, 3.05) is 0 Å². The minimum atomic E-state index is -0.0534. The molecule has 0 aliphatic carbocycles. The maximum atomic E-state index is 2.78. The highest BCUT2D eigenvalue weighted by atomic mass is 15.1. The van der Waals surface area contributed by atoms with Crippen LogP contribution < -0.4 is 32.8 Å². The molecule has 7 heterocycles. The molecule has 0 fully saturated rings. The maximum absolute atomic E-state index is 2.78. The normalized spacial score (nSPS) is 13.3. The van der Waals surface area contributed by atoms with Crippen LogP contribution in [0.2, 0.25) is 0 Å². The molecule has 0 saturated carbocycles. The summed E-state index contributed by atoms with van der Waals surface area (Å²) < 4.78 is 8.19. The Morgan fingerprint density at radius 3 is 1.12 bits per heavy atom. The first-order valence-electron chi connectivity index (χ1n) is 26.2. The number of aromatic nitrogens is 3. The van der Waals surface area contributed by atoms with Crippen LogP contribution in [0.15, 0.2) is 206 Å². The molecule has 14 aromatic rings. The molecule has 3 nitrogen and oxygen atoms in total. The van der Waals surface area contributed by atoms with E-state index in [-0.39, 0.29) is 13.4 Å². The zero-order valence-electron chi connectivity index (χ0n) is 41.1. The first kappa shape index (κ1) is 39.6. The second-order valence-electron chi connectivity index (χ2n) is 21.7. The molecule has 0 atom stereocenters. The lowest BCUT2D eigenvalue weighted by atomic mass is 9.29. The Balaban J connectivity index is 1.10. The van der Waals surface area contributed by atoms with E-state index in [2.05, 4.69) is 241 Å². The number of fused-ring (bicyclic) bond motifs is 13. The van der Waals surface area contributed by atoms with Crippen LogP contribution in [0, 0.1) is 20.8 Å². The van der Waals surface area contributed by atoms with Crippen molar-refractivity contribution in [2.24, 2.45) is 0 Å². The fraction of sp³-hybridized carbons (Fsp3) is 0.0435. The van der Waals surface area contributed by atoms with E-state index >= 15 is 0 Å². The molecule has 4 aliphatic heterocycles. The second-order valence-corrected chi connectivity index (χ2v) is 21.7. The molecule has 0 radical (unpaired) electrons. The zero-order chi connectivity index (χ0) is 48.4. The van der Waals surface area contributed by atoms with Crippen molar-refractivity contribution in [3.63, 3.8) is 0 Å². The fourth-order valence-electron chi connectivity index (χ4n) is 14.9. The molecule has 11 aromatic carbocycles. The van der Waals surface area contributed by atoms with Crippen LogP contribution in [-0.2, 0) is 0 Å². The van der Waals surface area contributed by atoms with E-state index in [0.29, 0.717) is 0 Å². The molecule has 0 amide bonds. The van der Waals surface area contributed by atoms with Crippen LogP contribution >= 0.6 is 0 Å². The van der Waals surface area contributed by atoms with E-state index < -0.39 is 0 Å². The third-order valence-electron chi connectivity index (χ3n) is 17.7. The van der Waals surface area contributed by atoms with Gasteiger partial charge in [-0.2, -0.15) is 0 Å². The highest BCUT2D eigenvalue weighted by Crippen LogP contribution is 2.47. The predicted molar refractivity (Wildman–Crippen MR) is 315 cm³/mol. The van der Waals surface area contributed by atoms with Crippen LogP contribution in [0.3, 0.4) is 0 Å². The summed E-state index contributed by atoms with van der Waals surface area (Å²) in [6.07, 6.45) is 0. The van der Waals surface area contributed by atoms with Crippen molar-refractivity contribution in [1.82, 2.24) is 13.7 Å². The van der Waals surface area contributed by atoms with Crippen LogP contribution in [0.1, 0.15) is 16.7 Å². The molecule has 4 aliphatic rings. The topological polar surface area (TPSA) is 14.8 Å². The Kier molecular flexibility index (Phi) is 7.33. The molecule has 5 heteroatoms. The van der Waals surface area contributed by atoms with E-state index in [1.54, 1.807) is 0 Å². The van der Waals surface area contributed by atoms with Gasteiger partial charge in [0.15, 0.2) is 0 Å². The van der Waals surface area contributed by atoms with Gasteiger partial charge in [-0.15, -0.1) is 0 Å². The first-order valence-corrected chi connectivity index (χ1v) is 26.2. The Morgan fingerprint density at radius 2 is 0.635 bits per heavy atom. The third-order valence-corrected chi connectivity index (χ3v) is 17.7. The standard InChI is InChI=1S/C69H43B2N3/c1-38-24-26-59-49(28-38)51-29-39(2)30-55-65(51)72(59)63-40(3)64-62-69-61(63)70(55)57-36-47(43-20-12-6-13-21-43)33-53-54-34-48(44-22-14-7-15-23-44)37-58(68(54)74(69)67(53)57)71(62)56-35-46(42-18-10-5-11-19-42)32-52-50-31-45(41-16-8-4-9-17-41)25-27-60(50)73(64)66(52)56/h4-37H,1-3H3. The lowest BCUT2D eigenvalue weighted by molar-refractivity contribution is 1.08. The van der Waals surface area contributed by atoms with Crippen LogP contribution in [0.5, 0.6) is 0 Å². The number of hydrogen-bond acceptors (Lipinski definition) is 0. The Hall–Kier alpha value is -9.05. The van der Waals surface area contributed by atoms with Gasteiger partial charge in [0, 0.05) is 71.4 Å². The monoisotopic (exact) mass is 935 g/mol. The average Bonchev–Trinajstić information content (AvgIpc) is 4.09. The molecule has 74 heavy (non-hydrogen) atoms. The average molecular weight is 936 g/mol. The molecule has 0 N–H and O–H groups in total. The van der Waals surface area contributed by atoms with Crippen molar-refractivity contribution in [1.29, 1.82) is 0 Å². The molecular formula is C69H43B2N3. The highest BCUT2D eigenvalue weighted by Gasteiger charge is 2.50. The van der Waals surface area contributed by atoms with E-state index in [1.807, 2.05) is 0 Å². The summed E-state index contributed by atoms with van der Waals surface area (Å²) in [5.74, 6) is 0. The summed E-state index contributed by atoms with van der Waals surface area (Å²) in [4.78, 5) is 0. The van der Waals surface area contributed by atoms with Gasteiger partial charge >= 0.3 is 0 Å². The lowest BCUT2D eigenvalue weighted by Gasteiger charge is -2.42. The zero-order valence-corrected chi connectivity index (χ0v) is 41.1. The summed E-state index contributed by atoms with van der Waals surface area (Å²) in [6.45, 7) is 6.96.